The number of rotatable bonds is 5. The fraction of sp³-hybridized carbons (Fsp3) is 0.200. The fourth-order valence-electron chi connectivity index (χ4n) is 2.82. The van der Waals surface area contributed by atoms with Crippen LogP contribution in [0.15, 0.2) is 71.6 Å². The Kier molecular flexibility index (Phi) is 4.97. The normalized spacial score (nSPS) is 13.0. The summed E-state index contributed by atoms with van der Waals surface area (Å²) in [7, 11) is 3.80. The van der Waals surface area contributed by atoms with Gasteiger partial charge in [0.2, 0.25) is 0 Å². The summed E-state index contributed by atoms with van der Waals surface area (Å²) in [6, 6.07) is 19.0. The summed E-state index contributed by atoms with van der Waals surface area (Å²) in [6.07, 6.45) is -1.90. The molecule has 3 aromatic carbocycles. The van der Waals surface area contributed by atoms with Gasteiger partial charge in [-0.3, -0.25) is 0 Å². The molecule has 0 aliphatic rings. The number of hydrogen-bond donors (Lipinski definition) is 1. The number of aliphatic hydroxyl groups excluding tert-OH is 1. The first-order chi connectivity index (χ1) is 11.9. The second-order valence-corrected chi connectivity index (χ2v) is 7.21. The van der Waals surface area contributed by atoms with E-state index in [1.54, 1.807) is 54.6 Å². The molecule has 0 aromatic heterocycles. The molecule has 25 heavy (non-hydrogen) atoms. The molecule has 5 heteroatoms. The van der Waals surface area contributed by atoms with Gasteiger partial charge < -0.3 is 10.0 Å². The van der Waals surface area contributed by atoms with Crippen LogP contribution < -0.4 is 4.90 Å². The van der Waals surface area contributed by atoms with E-state index in [-0.39, 0.29) is 5.56 Å². The van der Waals surface area contributed by atoms with Gasteiger partial charge in [-0.25, -0.2) is 0 Å². The lowest BCUT2D eigenvalue weighted by Gasteiger charge is -2.25. The number of halogens is 2. The molecule has 2 nitrogen and oxygen atoms in total. The van der Waals surface area contributed by atoms with Gasteiger partial charge in [-0.05, 0) is 40.9 Å². The first-order valence-electron chi connectivity index (χ1n) is 7.89. The van der Waals surface area contributed by atoms with E-state index in [1.165, 1.54) is 0 Å². The highest BCUT2D eigenvalue weighted by molar-refractivity contribution is 8.00. The summed E-state index contributed by atoms with van der Waals surface area (Å²) in [5.74, 6) is 0. The topological polar surface area (TPSA) is 23.5 Å². The van der Waals surface area contributed by atoms with Crippen LogP contribution in [0, 0.1) is 0 Å². The van der Waals surface area contributed by atoms with Crippen molar-refractivity contribution in [2.45, 2.75) is 16.3 Å². The Bertz CT molecular complexity index is 868. The average Bonchev–Trinajstić information content (AvgIpc) is 2.60. The van der Waals surface area contributed by atoms with E-state index in [0.29, 0.717) is 22.0 Å². The van der Waals surface area contributed by atoms with E-state index in [4.69, 9.17) is 0 Å². The highest BCUT2D eigenvalue weighted by atomic mass is 32.2. The molecule has 0 heterocycles. The number of benzene rings is 3. The van der Waals surface area contributed by atoms with Crippen molar-refractivity contribution in [3.05, 3.63) is 72.3 Å². The van der Waals surface area contributed by atoms with Crippen LogP contribution in [0.5, 0.6) is 0 Å². The number of hydrogen-bond acceptors (Lipinski definition) is 3. The summed E-state index contributed by atoms with van der Waals surface area (Å²) in [6.45, 7) is 0. The Labute approximate surface area is 150 Å². The summed E-state index contributed by atoms with van der Waals surface area (Å²) in [5.41, 5.74) is 1.15. The second kappa shape index (κ2) is 7.02. The lowest BCUT2D eigenvalue weighted by molar-refractivity contribution is -0.0347. The molecular weight excluding hydrogens is 340 g/mol. The van der Waals surface area contributed by atoms with E-state index in [2.05, 4.69) is 0 Å². The molecule has 0 radical (unpaired) electrons. The van der Waals surface area contributed by atoms with Crippen molar-refractivity contribution in [2.24, 2.45) is 0 Å². The van der Waals surface area contributed by atoms with Gasteiger partial charge >= 0.3 is 5.25 Å². The predicted molar refractivity (Wildman–Crippen MR) is 100 cm³/mol. The minimum atomic E-state index is -3.34. The molecule has 0 bridgehead atoms. The predicted octanol–water partition coefficient (Wildman–Crippen LogP) is 5.32. The average molecular weight is 359 g/mol. The number of thioether (sulfide) groups is 1. The first kappa shape index (κ1) is 17.7. The molecule has 1 N–H and O–H groups in total. The third-order valence-corrected chi connectivity index (χ3v) is 5.03. The van der Waals surface area contributed by atoms with Gasteiger partial charge in [0.25, 0.3) is 0 Å². The second-order valence-electron chi connectivity index (χ2n) is 5.99. The Morgan fingerprint density at radius 2 is 1.48 bits per heavy atom. The largest absolute Gasteiger partial charge is 0.381 e. The zero-order valence-corrected chi connectivity index (χ0v) is 14.8. The number of alkyl halides is 2. The van der Waals surface area contributed by atoms with Gasteiger partial charge in [-0.1, -0.05) is 48.5 Å². The molecule has 3 rings (SSSR count). The summed E-state index contributed by atoms with van der Waals surface area (Å²) < 4.78 is 29.4. The molecule has 0 fully saturated rings. The van der Waals surface area contributed by atoms with Crippen molar-refractivity contribution in [3.8, 4) is 0 Å². The Hall–Kier alpha value is -2.11. The Balaban J connectivity index is 2.02. The molecule has 0 amide bonds. The quantitative estimate of drug-likeness (QED) is 0.623. The van der Waals surface area contributed by atoms with Crippen LogP contribution >= 0.6 is 11.8 Å². The smallest absolute Gasteiger partial charge is 0.327 e. The van der Waals surface area contributed by atoms with Crippen LogP contribution in [0.3, 0.4) is 0 Å². The zero-order valence-electron chi connectivity index (χ0n) is 14.0. The van der Waals surface area contributed by atoms with E-state index in [0.717, 1.165) is 11.1 Å². The van der Waals surface area contributed by atoms with Gasteiger partial charge in [0.1, 0.15) is 0 Å². The third kappa shape index (κ3) is 3.62. The number of fused-ring (bicyclic) bond motifs is 1. The van der Waals surface area contributed by atoms with Crippen molar-refractivity contribution in [1.29, 1.82) is 0 Å². The van der Waals surface area contributed by atoms with Crippen LogP contribution in [0.4, 0.5) is 14.5 Å². The molecular formula is C20H19F2NOS. The van der Waals surface area contributed by atoms with Crippen molar-refractivity contribution in [2.75, 3.05) is 19.0 Å². The van der Waals surface area contributed by atoms with E-state index >= 15 is 0 Å². The minimum absolute atomic E-state index is 0.231. The Morgan fingerprint density at radius 3 is 2.12 bits per heavy atom. The maximum atomic E-state index is 14.7. The summed E-state index contributed by atoms with van der Waals surface area (Å²) >= 11 is 0.374. The lowest BCUT2D eigenvalue weighted by Crippen LogP contribution is -2.22. The number of aliphatic hydroxyl groups is 1. The molecule has 0 saturated carbocycles. The maximum absolute atomic E-state index is 14.7. The van der Waals surface area contributed by atoms with Gasteiger partial charge in [-0.15, -0.1) is 0 Å². The minimum Gasteiger partial charge on any atom is -0.381 e. The van der Waals surface area contributed by atoms with Crippen molar-refractivity contribution < 1.29 is 13.9 Å². The molecule has 3 aromatic rings. The number of nitrogens with zero attached hydrogens (tertiary/aromatic N) is 1. The van der Waals surface area contributed by atoms with E-state index in [1.807, 2.05) is 31.1 Å². The van der Waals surface area contributed by atoms with Crippen LogP contribution in [0.25, 0.3) is 10.8 Å². The molecule has 0 spiro atoms. The summed E-state index contributed by atoms with van der Waals surface area (Å²) in [4.78, 5) is 2.34. The van der Waals surface area contributed by atoms with Crippen molar-refractivity contribution in [3.63, 3.8) is 0 Å². The van der Waals surface area contributed by atoms with E-state index < -0.39 is 11.4 Å². The molecule has 130 valence electrons. The molecule has 0 saturated heterocycles. The van der Waals surface area contributed by atoms with E-state index in [9.17, 15) is 13.9 Å². The van der Waals surface area contributed by atoms with Gasteiger partial charge in [0.05, 0.1) is 0 Å². The fourth-order valence-corrected chi connectivity index (χ4v) is 3.66. The first-order valence-corrected chi connectivity index (χ1v) is 8.71. The van der Waals surface area contributed by atoms with Crippen LogP contribution in [0.1, 0.15) is 11.7 Å². The summed E-state index contributed by atoms with van der Waals surface area (Å²) in [5, 5.41) is 8.58. The maximum Gasteiger partial charge on any atom is 0.327 e. The lowest BCUT2D eigenvalue weighted by atomic mass is 9.98. The zero-order chi connectivity index (χ0) is 18.0. The highest BCUT2D eigenvalue weighted by Crippen LogP contribution is 2.46. The van der Waals surface area contributed by atoms with Crippen molar-refractivity contribution in [1.82, 2.24) is 0 Å². The Morgan fingerprint density at radius 1 is 0.880 bits per heavy atom. The molecule has 1 unspecified atom stereocenters. The molecule has 0 aliphatic heterocycles. The molecule has 0 aliphatic carbocycles. The monoisotopic (exact) mass is 359 g/mol. The van der Waals surface area contributed by atoms with Gasteiger partial charge in [0.15, 0.2) is 6.10 Å². The third-order valence-electron chi connectivity index (χ3n) is 4.03. The highest BCUT2D eigenvalue weighted by Gasteiger charge is 2.41. The van der Waals surface area contributed by atoms with Crippen LogP contribution in [-0.4, -0.2) is 24.5 Å². The van der Waals surface area contributed by atoms with Crippen LogP contribution in [-0.2, 0) is 0 Å². The van der Waals surface area contributed by atoms with Crippen molar-refractivity contribution >= 4 is 28.2 Å². The molecule has 1 atom stereocenters. The number of anilines is 1. The van der Waals surface area contributed by atoms with Gasteiger partial charge in [0, 0.05) is 30.1 Å². The SMILES string of the molecule is CN(C)c1ccc(C(O)C(F)(F)Sc2ccccc2)c2ccccc12. The van der Waals surface area contributed by atoms with Crippen LogP contribution in [0.2, 0.25) is 0 Å². The standard InChI is InChI=1S/C20H19F2NOS/c1-23(2)18-13-12-17(15-10-6-7-11-16(15)18)19(24)20(21,22)25-14-8-4-3-5-9-14/h3-13,19,24H,1-2H3. The van der Waals surface area contributed by atoms with Gasteiger partial charge in [-0.2, -0.15) is 8.78 Å².